The van der Waals surface area contributed by atoms with E-state index in [9.17, 15) is 13.2 Å². The number of halogens is 3. The molecule has 1 nitrogen and oxygen atoms in total. The van der Waals surface area contributed by atoms with Gasteiger partial charge in [-0.25, -0.2) is 0 Å². The van der Waals surface area contributed by atoms with Crippen LogP contribution in [0.3, 0.4) is 0 Å². The molecule has 0 saturated heterocycles. The van der Waals surface area contributed by atoms with Crippen molar-refractivity contribution in [3.05, 3.63) is 0 Å². The molecule has 0 aliphatic heterocycles. The Hall–Kier alpha value is 0.100. The third-order valence-corrected chi connectivity index (χ3v) is 1.79. The fourth-order valence-electron chi connectivity index (χ4n) is 0.770. The monoisotopic (exact) mass is 201 g/mol. The normalized spacial score (nSPS) is 12.5. The number of rotatable bonds is 5. The molecule has 0 saturated carbocycles. The second-order valence-corrected chi connectivity index (χ2v) is 3.19. The number of hydrogen-bond donors (Lipinski definition) is 1. The molecule has 5 heteroatoms. The molecule has 0 amide bonds. The molecule has 0 atom stereocenters. The third kappa shape index (κ3) is 8.20. The Morgan fingerprint density at radius 2 is 1.83 bits per heavy atom. The Labute approximate surface area is 76.3 Å². The highest BCUT2D eigenvalue weighted by molar-refractivity contribution is 7.80. The molecule has 0 aromatic carbocycles. The van der Waals surface area contributed by atoms with Crippen molar-refractivity contribution in [3.8, 4) is 0 Å². The molecule has 0 N–H and O–H groups in total. The van der Waals surface area contributed by atoms with Crippen molar-refractivity contribution in [2.24, 2.45) is 0 Å². The lowest BCUT2D eigenvalue weighted by atomic mass is 10.3. The van der Waals surface area contributed by atoms with E-state index in [1.807, 2.05) is 0 Å². The maximum Gasteiger partial charge on any atom is 0.390 e. The minimum atomic E-state index is -4.03. The predicted molar refractivity (Wildman–Crippen MR) is 46.6 cm³/mol. The molecule has 0 aromatic heterocycles. The smallest absolute Gasteiger partial charge is 0.306 e. The van der Waals surface area contributed by atoms with Crippen molar-refractivity contribution in [2.75, 3.05) is 25.9 Å². The van der Waals surface area contributed by atoms with E-state index in [1.165, 1.54) is 0 Å². The molecular formula is C7H14F3NS. The first kappa shape index (κ1) is 12.1. The highest BCUT2D eigenvalue weighted by Crippen LogP contribution is 2.19. The lowest BCUT2D eigenvalue weighted by Crippen LogP contribution is -2.25. The minimum Gasteiger partial charge on any atom is -0.306 e. The molecule has 0 rings (SSSR count). The molecule has 0 unspecified atom stereocenters. The summed E-state index contributed by atoms with van der Waals surface area (Å²) in [6.07, 6.45) is -3.93. The number of alkyl halides is 3. The van der Waals surface area contributed by atoms with Gasteiger partial charge in [-0.3, -0.25) is 0 Å². The highest BCUT2D eigenvalue weighted by Gasteiger charge is 2.26. The average Bonchev–Trinajstić information content (AvgIpc) is 1.95. The van der Waals surface area contributed by atoms with Gasteiger partial charge in [0.05, 0.1) is 6.42 Å². The third-order valence-electron chi connectivity index (χ3n) is 1.47. The quantitative estimate of drug-likeness (QED) is 0.667. The van der Waals surface area contributed by atoms with Crippen molar-refractivity contribution < 1.29 is 13.2 Å². The molecule has 0 aromatic rings. The van der Waals surface area contributed by atoms with Crippen molar-refractivity contribution in [1.29, 1.82) is 0 Å². The number of nitrogens with zero attached hydrogens (tertiary/aromatic N) is 1. The van der Waals surface area contributed by atoms with Crippen molar-refractivity contribution in [3.63, 3.8) is 0 Å². The summed E-state index contributed by atoms with van der Waals surface area (Å²) in [5, 5.41) is 0. The first-order valence-electron chi connectivity index (χ1n) is 3.82. The molecule has 0 spiro atoms. The van der Waals surface area contributed by atoms with Gasteiger partial charge in [0.2, 0.25) is 0 Å². The topological polar surface area (TPSA) is 3.24 Å². The van der Waals surface area contributed by atoms with E-state index in [0.717, 1.165) is 12.2 Å². The van der Waals surface area contributed by atoms with Crippen molar-refractivity contribution in [1.82, 2.24) is 4.90 Å². The molecule has 0 bridgehead atoms. The average molecular weight is 201 g/mol. The van der Waals surface area contributed by atoms with Gasteiger partial charge in [-0.2, -0.15) is 25.8 Å². The predicted octanol–water partition coefficient (Wildman–Crippen LogP) is 2.19. The number of thiol groups is 1. The summed E-state index contributed by atoms with van der Waals surface area (Å²) in [7, 11) is 1.69. The zero-order chi connectivity index (χ0) is 9.61. The van der Waals surface area contributed by atoms with Crippen LogP contribution in [0, 0.1) is 0 Å². The van der Waals surface area contributed by atoms with E-state index in [2.05, 4.69) is 12.6 Å². The van der Waals surface area contributed by atoms with Crippen LogP contribution in [0.5, 0.6) is 0 Å². The van der Waals surface area contributed by atoms with Gasteiger partial charge in [-0.05, 0) is 25.8 Å². The second kappa shape index (κ2) is 5.70. The van der Waals surface area contributed by atoms with Gasteiger partial charge in [0.15, 0.2) is 0 Å². The minimum absolute atomic E-state index is 0.0806. The zero-order valence-electron chi connectivity index (χ0n) is 7.06. The first-order chi connectivity index (χ1) is 5.45. The summed E-state index contributed by atoms with van der Waals surface area (Å²) in [6, 6.07) is 0. The Morgan fingerprint density at radius 1 is 1.25 bits per heavy atom. The molecule has 0 fully saturated rings. The first-order valence-corrected chi connectivity index (χ1v) is 4.45. The van der Waals surface area contributed by atoms with Crippen molar-refractivity contribution in [2.45, 2.75) is 19.0 Å². The van der Waals surface area contributed by atoms with Crippen LogP contribution in [0.4, 0.5) is 13.2 Å². The summed E-state index contributed by atoms with van der Waals surface area (Å²) in [6.45, 7) is 0.761. The summed E-state index contributed by atoms with van der Waals surface area (Å²) in [4.78, 5) is 1.67. The maximum atomic E-state index is 11.7. The van der Waals surface area contributed by atoms with Gasteiger partial charge in [0.25, 0.3) is 0 Å². The maximum absolute atomic E-state index is 11.7. The van der Waals surface area contributed by atoms with Crippen LogP contribution in [-0.2, 0) is 0 Å². The largest absolute Gasteiger partial charge is 0.390 e. The van der Waals surface area contributed by atoms with E-state index in [1.54, 1.807) is 11.9 Å². The van der Waals surface area contributed by atoms with Gasteiger partial charge >= 0.3 is 6.18 Å². The van der Waals surface area contributed by atoms with Crippen LogP contribution in [0.2, 0.25) is 0 Å². The van der Waals surface area contributed by atoms with Gasteiger partial charge in [0.1, 0.15) is 0 Å². The Morgan fingerprint density at radius 3 is 2.25 bits per heavy atom. The molecule has 12 heavy (non-hydrogen) atoms. The van der Waals surface area contributed by atoms with Crippen molar-refractivity contribution >= 4 is 12.6 Å². The van der Waals surface area contributed by atoms with Gasteiger partial charge in [-0.15, -0.1) is 0 Å². The summed E-state index contributed by atoms with van der Waals surface area (Å²) in [5.74, 6) is 0.719. The second-order valence-electron chi connectivity index (χ2n) is 2.75. The van der Waals surface area contributed by atoms with Gasteiger partial charge < -0.3 is 4.90 Å². The van der Waals surface area contributed by atoms with Crippen LogP contribution in [-0.4, -0.2) is 37.0 Å². The van der Waals surface area contributed by atoms with E-state index in [0.29, 0.717) is 6.54 Å². The lowest BCUT2D eigenvalue weighted by molar-refractivity contribution is -0.137. The van der Waals surface area contributed by atoms with Gasteiger partial charge in [-0.1, -0.05) is 0 Å². The molecule has 0 heterocycles. The Balaban J connectivity index is 3.37. The molecule has 0 aliphatic carbocycles. The van der Waals surface area contributed by atoms with E-state index in [-0.39, 0.29) is 6.54 Å². The number of hydrogen-bond acceptors (Lipinski definition) is 2. The summed E-state index contributed by atoms with van der Waals surface area (Å²) in [5.41, 5.74) is 0. The summed E-state index contributed by atoms with van der Waals surface area (Å²) < 4.78 is 35.1. The highest BCUT2D eigenvalue weighted by atomic mass is 32.1. The van der Waals surface area contributed by atoms with Crippen LogP contribution >= 0.6 is 12.6 Å². The van der Waals surface area contributed by atoms with Gasteiger partial charge in [0, 0.05) is 6.54 Å². The van der Waals surface area contributed by atoms with Crippen LogP contribution in [0.25, 0.3) is 0 Å². The zero-order valence-corrected chi connectivity index (χ0v) is 7.96. The Kier molecular flexibility index (Phi) is 5.74. The fourth-order valence-corrected chi connectivity index (χ4v) is 0.911. The fraction of sp³-hybridized carbons (Fsp3) is 1.00. The van der Waals surface area contributed by atoms with Crippen LogP contribution in [0.15, 0.2) is 0 Å². The van der Waals surface area contributed by atoms with Crippen LogP contribution < -0.4 is 0 Å². The van der Waals surface area contributed by atoms with E-state index >= 15 is 0 Å². The lowest BCUT2D eigenvalue weighted by Gasteiger charge is -2.16. The molecular weight excluding hydrogens is 187 g/mol. The van der Waals surface area contributed by atoms with E-state index in [4.69, 9.17) is 0 Å². The SMILES string of the molecule is CN(CCCS)CCC(F)(F)F. The molecule has 74 valence electrons. The summed E-state index contributed by atoms with van der Waals surface area (Å²) >= 11 is 3.97. The molecule has 0 aliphatic rings. The Bertz CT molecular complexity index is 116. The standard InChI is InChI=1S/C7H14F3NS/c1-11(4-2-6-12)5-3-7(8,9)10/h12H,2-6H2,1H3. The van der Waals surface area contributed by atoms with Crippen LogP contribution in [0.1, 0.15) is 12.8 Å². The van der Waals surface area contributed by atoms with E-state index < -0.39 is 12.6 Å². The molecule has 0 radical (unpaired) electrons.